The number of hydrogen-bond donors (Lipinski definition) is 2. The largest absolute Gasteiger partial charge is 0.352 e. The number of rotatable bonds is 8. The average Bonchev–Trinajstić information content (AvgIpc) is 2.71. The molecule has 2 N–H and O–H groups in total. The Bertz CT molecular complexity index is 863. The SMILES string of the molecule is Cc1ccc(NC(=O)C[S@@](=O)CC(=O)NC2CCN(Cc3ccccc3)CC2)cc1. The van der Waals surface area contributed by atoms with Crippen LogP contribution in [-0.2, 0) is 26.9 Å². The standard InChI is InChI=1S/C23H29N3O3S/c1-18-7-9-20(10-8-18)24-22(27)16-30(29)17-23(28)25-21-11-13-26(14-12-21)15-19-5-3-2-4-6-19/h2-10,21H,11-17H2,1H3,(H,24,27)(H,25,28)/t30-/m1/s1. The van der Waals surface area contributed by atoms with E-state index < -0.39 is 10.8 Å². The zero-order valence-corrected chi connectivity index (χ0v) is 18.1. The molecule has 1 heterocycles. The van der Waals surface area contributed by atoms with Gasteiger partial charge in [-0.3, -0.25) is 18.7 Å². The second-order valence-corrected chi connectivity index (χ2v) is 9.20. The highest BCUT2D eigenvalue weighted by molar-refractivity contribution is 7.86. The van der Waals surface area contributed by atoms with Crippen molar-refractivity contribution in [1.82, 2.24) is 10.2 Å². The zero-order chi connectivity index (χ0) is 21.3. The van der Waals surface area contributed by atoms with Gasteiger partial charge in [0.15, 0.2) is 0 Å². The zero-order valence-electron chi connectivity index (χ0n) is 17.3. The van der Waals surface area contributed by atoms with Gasteiger partial charge in [0.1, 0.15) is 11.5 Å². The molecule has 1 aliphatic rings. The van der Waals surface area contributed by atoms with Crippen LogP contribution in [0.5, 0.6) is 0 Å². The predicted molar refractivity (Wildman–Crippen MR) is 121 cm³/mol. The lowest BCUT2D eigenvalue weighted by Crippen LogP contribution is -2.45. The van der Waals surface area contributed by atoms with Crippen LogP contribution in [-0.4, -0.2) is 51.6 Å². The van der Waals surface area contributed by atoms with Crippen LogP contribution in [0.15, 0.2) is 54.6 Å². The van der Waals surface area contributed by atoms with Gasteiger partial charge in [0.25, 0.3) is 0 Å². The van der Waals surface area contributed by atoms with E-state index in [1.54, 1.807) is 12.1 Å². The number of amides is 2. The number of likely N-dealkylation sites (tertiary alicyclic amines) is 1. The van der Waals surface area contributed by atoms with E-state index in [9.17, 15) is 13.8 Å². The number of carbonyl (C=O) groups excluding carboxylic acids is 2. The van der Waals surface area contributed by atoms with Crippen molar-refractivity contribution in [2.75, 3.05) is 29.9 Å². The third-order valence-electron chi connectivity index (χ3n) is 5.12. The minimum Gasteiger partial charge on any atom is -0.352 e. The van der Waals surface area contributed by atoms with Crippen molar-refractivity contribution in [1.29, 1.82) is 0 Å². The Morgan fingerprint density at radius 1 is 0.967 bits per heavy atom. The molecule has 1 atom stereocenters. The molecule has 0 radical (unpaired) electrons. The van der Waals surface area contributed by atoms with Crippen molar-refractivity contribution < 1.29 is 13.8 Å². The summed E-state index contributed by atoms with van der Waals surface area (Å²) in [7, 11) is -1.53. The third kappa shape index (κ3) is 7.39. The van der Waals surface area contributed by atoms with Crippen LogP contribution in [0.25, 0.3) is 0 Å². The second kappa shape index (κ2) is 11.0. The summed E-state index contributed by atoms with van der Waals surface area (Å²) in [6, 6.07) is 17.8. The number of aryl methyl sites for hydroxylation is 1. The fraction of sp³-hybridized carbons (Fsp3) is 0.391. The van der Waals surface area contributed by atoms with Crippen LogP contribution >= 0.6 is 0 Å². The molecule has 30 heavy (non-hydrogen) atoms. The van der Waals surface area contributed by atoms with Crippen LogP contribution in [0, 0.1) is 6.92 Å². The molecule has 7 heteroatoms. The van der Waals surface area contributed by atoms with E-state index in [2.05, 4.69) is 27.7 Å². The molecular weight excluding hydrogens is 398 g/mol. The fourth-order valence-electron chi connectivity index (χ4n) is 3.52. The van der Waals surface area contributed by atoms with Crippen molar-refractivity contribution in [3.63, 3.8) is 0 Å². The maximum Gasteiger partial charge on any atom is 0.237 e. The van der Waals surface area contributed by atoms with Gasteiger partial charge in [-0.1, -0.05) is 48.0 Å². The summed E-state index contributed by atoms with van der Waals surface area (Å²) in [6.07, 6.45) is 1.75. The molecule has 0 spiro atoms. The van der Waals surface area contributed by atoms with Gasteiger partial charge in [0.2, 0.25) is 11.8 Å². The highest BCUT2D eigenvalue weighted by Gasteiger charge is 2.22. The molecule has 1 fully saturated rings. The number of benzene rings is 2. The van der Waals surface area contributed by atoms with E-state index in [-0.39, 0.29) is 29.4 Å². The third-order valence-corrected chi connectivity index (χ3v) is 6.29. The van der Waals surface area contributed by atoms with E-state index in [0.717, 1.165) is 38.0 Å². The van der Waals surface area contributed by atoms with Gasteiger partial charge in [-0.05, 0) is 37.5 Å². The molecule has 2 aromatic rings. The first-order valence-corrected chi connectivity index (χ1v) is 11.7. The molecule has 0 unspecified atom stereocenters. The summed E-state index contributed by atoms with van der Waals surface area (Å²) >= 11 is 0. The summed E-state index contributed by atoms with van der Waals surface area (Å²) in [5.41, 5.74) is 3.05. The number of anilines is 1. The Morgan fingerprint density at radius 3 is 2.27 bits per heavy atom. The number of nitrogens with zero attached hydrogens (tertiary/aromatic N) is 1. The van der Waals surface area contributed by atoms with Crippen LogP contribution in [0.1, 0.15) is 24.0 Å². The smallest absolute Gasteiger partial charge is 0.237 e. The number of hydrogen-bond acceptors (Lipinski definition) is 4. The van der Waals surface area contributed by atoms with E-state index in [1.807, 2.05) is 37.3 Å². The number of piperidine rings is 1. The van der Waals surface area contributed by atoms with Gasteiger partial charge in [-0.25, -0.2) is 0 Å². The lowest BCUT2D eigenvalue weighted by Gasteiger charge is -2.32. The van der Waals surface area contributed by atoms with Crippen LogP contribution in [0.4, 0.5) is 5.69 Å². The van der Waals surface area contributed by atoms with Crippen molar-refractivity contribution in [3.05, 3.63) is 65.7 Å². The van der Waals surface area contributed by atoms with Gasteiger partial charge in [-0.15, -0.1) is 0 Å². The Balaban J connectivity index is 1.34. The highest BCUT2D eigenvalue weighted by atomic mass is 32.2. The van der Waals surface area contributed by atoms with Crippen molar-refractivity contribution in [2.45, 2.75) is 32.4 Å². The Morgan fingerprint density at radius 2 is 1.60 bits per heavy atom. The molecule has 2 aromatic carbocycles. The molecule has 0 bridgehead atoms. The average molecular weight is 428 g/mol. The maximum absolute atomic E-state index is 12.2. The summed E-state index contributed by atoms with van der Waals surface area (Å²) in [6.45, 7) is 4.72. The Labute approximate surface area is 180 Å². The lowest BCUT2D eigenvalue weighted by atomic mass is 10.0. The fourth-order valence-corrected chi connectivity index (χ4v) is 4.37. The van der Waals surface area contributed by atoms with Crippen LogP contribution in [0.2, 0.25) is 0 Å². The Hall–Kier alpha value is -2.51. The molecule has 0 aromatic heterocycles. The maximum atomic E-state index is 12.2. The minimum atomic E-state index is -1.53. The van der Waals surface area contributed by atoms with Crippen LogP contribution in [0.3, 0.4) is 0 Å². The summed E-state index contributed by atoms with van der Waals surface area (Å²) in [4.78, 5) is 26.6. The van der Waals surface area contributed by atoms with Gasteiger partial charge >= 0.3 is 0 Å². The van der Waals surface area contributed by atoms with E-state index in [1.165, 1.54) is 5.56 Å². The molecule has 1 saturated heterocycles. The first-order valence-electron chi connectivity index (χ1n) is 10.2. The van der Waals surface area contributed by atoms with Gasteiger partial charge in [0, 0.05) is 42.2 Å². The normalized spacial score (nSPS) is 16.0. The minimum absolute atomic E-state index is 0.0999. The lowest BCUT2D eigenvalue weighted by molar-refractivity contribution is -0.119. The quantitative estimate of drug-likeness (QED) is 0.678. The van der Waals surface area contributed by atoms with Gasteiger partial charge in [-0.2, -0.15) is 0 Å². The predicted octanol–water partition coefficient (Wildman–Crippen LogP) is 2.46. The summed E-state index contributed by atoms with van der Waals surface area (Å²) in [5.74, 6) is -0.931. The van der Waals surface area contributed by atoms with E-state index >= 15 is 0 Å². The van der Waals surface area contributed by atoms with Crippen LogP contribution < -0.4 is 10.6 Å². The number of nitrogens with one attached hydrogen (secondary N) is 2. The molecule has 0 saturated carbocycles. The monoisotopic (exact) mass is 427 g/mol. The molecule has 3 rings (SSSR count). The molecule has 0 aliphatic carbocycles. The highest BCUT2D eigenvalue weighted by Crippen LogP contribution is 2.14. The second-order valence-electron chi connectivity index (χ2n) is 7.75. The number of carbonyl (C=O) groups is 2. The van der Waals surface area contributed by atoms with E-state index in [0.29, 0.717) is 5.69 Å². The van der Waals surface area contributed by atoms with Crippen molar-refractivity contribution in [2.24, 2.45) is 0 Å². The molecule has 160 valence electrons. The van der Waals surface area contributed by atoms with Gasteiger partial charge in [0.05, 0.1) is 0 Å². The Kier molecular flexibility index (Phi) is 8.16. The summed E-state index contributed by atoms with van der Waals surface area (Å²) in [5, 5.41) is 5.68. The van der Waals surface area contributed by atoms with Crippen molar-refractivity contribution in [3.8, 4) is 0 Å². The molecule has 6 nitrogen and oxygen atoms in total. The topological polar surface area (TPSA) is 78.5 Å². The first kappa shape index (κ1) is 22.2. The first-order chi connectivity index (χ1) is 14.5. The summed E-state index contributed by atoms with van der Waals surface area (Å²) < 4.78 is 12.2. The van der Waals surface area contributed by atoms with E-state index in [4.69, 9.17) is 0 Å². The molecular formula is C23H29N3O3S. The molecule has 1 aliphatic heterocycles. The van der Waals surface area contributed by atoms with Gasteiger partial charge < -0.3 is 10.6 Å². The van der Waals surface area contributed by atoms with Crippen molar-refractivity contribution >= 4 is 28.3 Å². The molecule has 2 amide bonds.